The number of nitrogens with zero attached hydrogens (tertiary/aromatic N) is 2. The van der Waals surface area contributed by atoms with E-state index in [9.17, 15) is 0 Å². The van der Waals surface area contributed by atoms with Gasteiger partial charge < -0.3 is 5.32 Å². The van der Waals surface area contributed by atoms with Crippen molar-refractivity contribution in [2.24, 2.45) is 0 Å². The standard InChI is InChI=1S/C17H27N3/c1-2-4-6-8-10-16-14(9-7-5-3-1)13-18-17(20-16)19-15-11-12-15/h13,15H,1-12H2,(H,18,19,20). The second kappa shape index (κ2) is 7.05. The van der Waals surface area contributed by atoms with E-state index in [2.05, 4.69) is 16.5 Å². The highest BCUT2D eigenvalue weighted by Crippen LogP contribution is 2.24. The van der Waals surface area contributed by atoms with E-state index in [1.807, 2.05) is 0 Å². The number of rotatable bonds is 2. The Labute approximate surface area is 122 Å². The predicted molar refractivity (Wildman–Crippen MR) is 83.0 cm³/mol. The smallest absolute Gasteiger partial charge is 0.223 e. The van der Waals surface area contributed by atoms with Crippen LogP contribution >= 0.6 is 0 Å². The van der Waals surface area contributed by atoms with Crippen LogP contribution in [0.3, 0.4) is 0 Å². The average molecular weight is 273 g/mol. The van der Waals surface area contributed by atoms with Crippen molar-refractivity contribution in [3.05, 3.63) is 17.5 Å². The van der Waals surface area contributed by atoms with Crippen LogP contribution in [0.2, 0.25) is 0 Å². The van der Waals surface area contributed by atoms with Gasteiger partial charge in [-0.3, -0.25) is 0 Å². The first kappa shape index (κ1) is 13.8. The van der Waals surface area contributed by atoms with Gasteiger partial charge in [0.1, 0.15) is 0 Å². The Morgan fingerprint density at radius 2 is 1.50 bits per heavy atom. The lowest BCUT2D eigenvalue weighted by molar-refractivity contribution is 0.556. The van der Waals surface area contributed by atoms with E-state index in [0.717, 1.165) is 12.4 Å². The van der Waals surface area contributed by atoms with E-state index in [0.29, 0.717) is 6.04 Å². The maximum atomic E-state index is 4.80. The average Bonchev–Trinajstić information content (AvgIpc) is 3.24. The summed E-state index contributed by atoms with van der Waals surface area (Å²) in [6.45, 7) is 0. The molecule has 20 heavy (non-hydrogen) atoms. The van der Waals surface area contributed by atoms with Crippen LogP contribution in [0.4, 0.5) is 5.95 Å². The molecule has 0 radical (unpaired) electrons. The van der Waals surface area contributed by atoms with Gasteiger partial charge in [-0.1, -0.05) is 38.5 Å². The van der Waals surface area contributed by atoms with Gasteiger partial charge in [0.2, 0.25) is 5.95 Å². The molecule has 3 rings (SSSR count). The molecule has 1 fully saturated rings. The van der Waals surface area contributed by atoms with Crippen molar-refractivity contribution in [1.82, 2.24) is 9.97 Å². The van der Waals surface area contributed by atoms with E-state index in [1.54, 1.807) is 0 Å². The molecule has 0 saturated heterocycles. The van der Waals surface area contributed by atoms with Gasteiger partial charge in [-0.25, -0.2) is 9.97 Å². The fraction of sp³-hybridized carbons (Fsp3) is 0.765. The number of hydrogen-bond donors (Lipinski definition) is 1. The molecule has 1 saturated carbocycles. The van der Waals surface area contributed by atoms with Gasteiger partial charge in [0, 0.05) is 17.9 Å². The third kappa shape index (κ3) is 4.19. The predicted octanol–water partition coefficient (Wildman–Crippen LogP) is 4.27. The van der Waals surface area contributed by atoms with Crippen LogP contribution in [0.25, 0.3) is 0 Å². The molecule has 0 atom stereocenters. The molecular weight excluding hydrogens is 246 g/mol. The van der Waals surface area contributed by atoms with Crippen molar-refractivity contribution in [2.45, 2.75) is 83.1 Å². The lowest BCUT2D eigenvalue weighted by Crippen LogP contribution is -2.09. The monoisotopic (exact) mass is 273 g/mol. The summed E-state index contributed by atoms with van der Waals surface area (Å²) in [6, 6.07) is 0.638. The molecule has 3 nitrogen and oxygen atoms in total. The molecule has 3 heteroatoms. The SMILES string of the molecule is c1nc(NC2CC2)nc2c1CCCCCCCCCC2. The molecule has 2 aliphatic carbocycles. The van der Waals surface area contributed by atoms with Crippen LogP contribution in [0.5, 0.6) is 0 Å². The fourth-order valence-electron chi connectivity index (χ4n) is 3.02. The molecular formula is C17H27N3. The third-order valence-corrected chi connectivity index (χ3v) is 4.47. The third-order valence-electron chi connectivity index (χ3n) is 4.47. The number of aryl methyl sites for hydroxylation is 2. The molecule has 0 unspecified atom stereocenters. The van der Waals surface area contributed by atoms with Crippen LogP contribution in [0.1, 0.15) is 75.5 Å². The quantitative estimate of drug-likeness (QED) is 0.874. The molecule has 110 valence electrons. The van der Waals surface area contributed by atoms with E-state index in [-0.39, 0.29) is 0 Å². The Morgan fingerprint density at radius 3 is 2.20 bits per heavy atom. The van der Waals surface area contributed by atoms with E-state index in [4.69, 9.17) is 4.98 Å². The van der Waals surface area contributed by atoms with Gasteiger partial charge in [0.15, 0.2) is 0 Å². The highest BCUT2D eigenvalue weighted by atomic mass is 15.1. The molecule has 1 N–H and O–H groups in total. The van der Waals surface area contributed by atoms with Crippen molar-refractivity contribution in [2.75, 3.05) is 5.32 Å². The van der Waals surface area contributed by atoms with Crippen LogP contribution in [0, 0.1) is 0 Å². The molecule has 2 aliphatic rings. The summed E-state index contributed by atoms with van der Waals surface area (Å²) in [7, 11) is 0. The molecule has 1 aromatic rings. The van der Waals surface area contributed by atoms with Gasteiger partial charge in [0.25, 0.3) is 0 Å². The first-order valence-corrected chi connectivity index (χ1v) is 8.53. The summed E-state index contributed by atoms with van der Waals surface area (Å²) in [6.07, 6.45) is 17.9. The first-order chi connectivity index (χ1) is 9.92. The molecule has 0 amide bonds. The highest BCUT2D eigenvalue weighted by Gasteiger charge is 2.22. The zero-order valence-corrected chi connectivity index (χ0v) is 12.5. The zero-order valence-electron chi connectivity index (χ0n) is 12.5. The highest BCUT2D eigenvalue weighted by molar-refractivity contribution is 5.32. The van der Waals surface area contributed by atoms with Crippen molar-refractivity contribution in [3.63, 3.8) is 0 Å². The van der Waals surface area contributed by atoms with Crippen LogP contribution in [-0.2, 0) is 12.8 Å². The molecule has 0 aromatic carbocycles. The maximum absolute atomic E-state index is 4.80. The van der Waals surface area contributed by atoms with E-state index >= 15 is 0 Å². The summed E-state index contributed by atoms with van der Waals surface area (Å²) < 4.78 is 0. The van der Waals surface area contributed by atoms with Crippen molar-refractivity contribution in [3.8, 4) is 0 Å². The lowest BCUT2D eigenvalue weighted by Gasteiger charge is -2.12. The molecule has 1 aromatic heterocycles. The topological polar surface area (TPSA) is 37.8 Å². The van der Waals surface area contributed by atoms with Gasteiger partial charge in [-0.15, -0.1) is 0 Å². The number of fused-ring (bicyclic) bond motifs is 1. The van der Waals surface area contributed by atoms with Crippen LogP contribution in [-0.4, -0.2) is 16.0 Å². The normalized spacial score (nSPS) is 21.4. The van der Waals surface area contributed by atoms with Crippen molar-refractivity contribution < 1.29 is 0 Å². The molecule has 0 spiro atoms. The van der Waals surface area contributed by atoms with E-state index < -0.39 is 0 Å². The summed E-state index contributed by atoms with van der Waals surface area (Å²) in [5.41, 5.74) is 2.70. The number of hydrogen-bond acceptors (Lipinski definition) is 3. The summed E-state index contributed by atoms with van der Waals surface area (Å²) in [5, 5.41) is 3.43. The fourth-order valence-corrected chi connectivity index (χ4v) is 3.02. The van der Waals surface area contributed by atoms with E-state index in [1.165, 1.54) is 81.9 Å². The molecule has 0 aliphatic heterocycles. The van der Waals surface area contributed by atoms with Crippen molar-refractivity contribution in [1.29, 1.82) is 0 Å². The zero-order chi connectivity index (χ0) is 13.6. The van der Waals surface area contributed by atoms with Gasteiger partial charge in [-0.2, -0.15) is 0 Å². The van der Waals surface area contributed by atoms with Crippen LogP contribution in [0.15, 0.2) is 6.20 Å². The Bertz CT molecular complexity index is 426. The number of nitrogens with one attached hydrogen (secondary N) is 1. The minimum Gasteiger partial charge on any atom is -0.351 e. The Kier molecular flexibility index (Phi) is 4.88. The second-order valence-corrected chi connectivity index (χ2v) is 6.41. The number of aromatic nitrogens is 2. The Morgan fingerprint density at radius 1 is 0.850 bits per heavy atom. The van der Waals surface area contributed by atoms with Gasteiger partial charge >= 0.3 is 0 Å². The lowest BCUT2D eigenvalue weighted by atomic mass is 9.99. The summed E-state index contributed by atoms with van der Waals surface area (Å²) >= 11 is 0. The van der Waals surface area contributed by atoms with Crippen LogP contribution < -0.4 is 5.32 Å². The minimum atomic E-state index is 0.638. The second-order valence-electron chi connectivity index (χ2n) is 6.41. The molecule has 0 bridgehead atoms. The van der Waals surface area contributed by atoms with Crippen molar-refractivity contribution >= 4 is 5.95 Å². The Hall–Kier alpha value is -1.12. The first-order valence-electron chi connectivity index (χ1n) is 8.53. The number of anilines is 1. The van der Waals surface area contributed by atoms with Gasteiger partial charge in [0.05, 0.1) is 0 Å². The summed E-state index contributed by atoms with van der Waals surface area (Å²) in [4.78, 5) is 9.32. The largest absolute Gasteiger partial charge is 0.351 e. The van der Waals surface area contributed by atoms with Gasteiger partial charge in [-0.05, 0) is 44.1 Å². The molecule has 1 heterocycles. The Balaban J connectivity index is 1.68. The summed E-state index contributed by atoms with van der Waals surface area (Å²) in [5.74, 6) is 0.860. The maximum Gasteiger partial charge on any atom is 0.223 e. The minimum absolute atomic E-state index is 0.638.